The Morgan fingerprint density at radius 1 is 1.36 bits per heavy atom. The van der Waals surface area contributed by atoms with E-state index in [0.717, 1.165) is 17.7 Å². The first-order valence-corrected chi connectivity index (χ1v) is 8.65. The second-order valence-electron chi connectivity index (χ2n) is 5.77. The highest BCUT2D eigenvalue weighted by Gasteiger charge is 2.26. The normalized spacial score (nSPS) is 15.4. The lowest BCUT2D eigenvalue weighted by atomic mass is 10.1. The summed E-state index contributed by atoms with van der Waals surface area (Å²) in [6.45, 7) is 4.12. The third-order valence-electron chi connectivity index (χ3n) is 3.97. The van der Waals surface area contributed by atoms with Gasteiger partial charge in [-0.2, -0.15) is 0 Å². The number of nitrogens with zero attached hydrogens (tertiary/aromatic N) is 1. The fourth-order valence-corrected chi connectivity index (χ4v) is 3.15. The summed E-state index contributed by atoms with van der Waals surface area (Å²) in [5.74, 6) is 0.617. The molecule has 1 aromatic carbocycles. The number of aryl methyl sites for hydroxylation is 1. The van der Waals surface area contributed by atoms with Gasteiger partial charge in [0.2, 0.25) is 0 Å². The molecule has 0 bridgehead atoms. The number of thiazole rings is 1. The van der Waals surface area contributed by atoms with Gasteiger partial charge in [0.05, 0.1) is 11.7 Å². The van der Waals surface area contributed by atoms with Crippen LogP contribution in [-0.4, -0.2) is 11.0 Å². The van der Waals surface area contributed by atoms with Crippen LogP contribution in [0.25, 0.3) is 0 Å². The largest absolute Gasteiger partial charge is 0.331 e. The van der Waals surface area contributed by atoms with E-state index in [1.54, 1.807) is 0 Å². The lowest BCUT2D eigenvalue weighted by Gasteiger charge is -2.14. The minimum atomic E-state index is -0.205. The van der Waals surface area contributed by atoms with Gasteiger partial charge in [-0.1, -0.05) is 31.2 Å². The maximum Gasteiger partial charge on any atom is 0.321 e. The molecule has 1 aliphatic carbocycles. The molecule has 1 atom stereocenters. The number of urea groups is 1. The quantitative estimate of drug-likeness (QED) is 0.855. The molecule has 0 saturated heterocycles. The zero-order chi connectivity index (χ0) is 15.5. The Hall–Kier alpha value is -1.88. The second-order valence-corrected chi connectivity index (χ2v) is 6.63. The van der Waals surface area contributed by atoms with Crippen molar-refractivity contribution in [2.45, 2.75) is 45.1 Å². The molecule has 0 aliphatic heterocycles. The van der Waals surface area contributed by atoms with E-state index in [1.807, 2.05) is 12.3 Å². The van der Waals surface area contributed by atoms with Crippen molar-refractivity contribution in [3.63, 3.8) is 0 Å². The van der Waals surface area contributed by atoms with Crippen LogP contribution < -0.4 is 10.6 Å². The van der Waals surface area contributed by atoms with Gasteiger partial charge in [-0.05, 0) is 37.3 Å². The lowest BCUT2D eigenvalue weighted by molar-refractivity contribution is 0.249. The molecule has 5 heteroatoms. The Balaban J connectivity index is 1.55. The van der Waals surface area contributed by atoms with Gasteiger partial charge < -0.3 is 5.32 Å². The van der Waals surface area contributed by atoms with Crippen LogP contribution in [0.4, 0.5) is 9.93 Å². The molecule has 4 nitrogen and oxygen atoms in total. The summed E-state index contributed by atoms with van der Waals surface area (Å²) in [4.78, 5) is 16.5. The number of carbonyl (C=O) groups excluding carboxylic acids is 1. The van der Waals surface area contributed by atoms with E-state index >= 15 is 0 Å². The van der Waals surface area contributed by atoms with Crippen molar-refractivity contribution in [3.05, 3.63) is 46.5 Å². The average Bonchev–Trinajstić information content (AvgIpc) is 3.27. The number of rotatable bonds is 5. The van der Waals surface area contributed by atoms with Crippen LogP contribution in [0, 0.1) is 0 Å². The highest BCUT2D eigenvalue weighted by Crippen LogP contribution is 2.40. The predicted molar refractivity (Wildman–Crippen MR) is 90.5 cm³/mol. The zero-order valence-electron chi connectivity index (χ0n) is 12.9. The van der Waals surface area contributed by atoms with Crippen LogP contribution >= 0.6 is 11.3 Å². The molecule has 116 valence electrons. The van der Waals surface area contributed by atoms with Crippen molar-refractivity contribution in [2.24, 2.45) is 0 Å². The fraction of sp³-hybridized carbons (Fsp3) is 0.412. The summed E-state index contributed by atoms with van der Waals surface area (Å²) in [7, 11) is 0. The molecule has 1 aliphatic rings. The SMILES string of the molecule is CCc1ccc(C(C)NC(=O)Nc2nc(C3CC3)cs2)cc1. The molecule has 1 fully saturated rings. The van der Waals surface area contributed by atoms with Gasteiger partial charge in [0.15, 0.2) is 5.13 Å². The monoisotopic (exact) mass is 315 g/mol. The van der Waals surface area contributed by atoms with Crippen molar-refractivity contribution >= 4 is 22.5 Å². The molecule has 0 spiro atoms. The van der Waals surface area contributed by atoms with Crippen molar-refractivity contribution in [2.75, 3.05) is 5.32 Å². The second kappa shape index (κ2) is 6.48. The standard InChI is InChI=1S/C17H21N3OS/c1-3-12-4-6-13(7-5-12)11(2)18-16(21)20-17-19-15(10-22-17)14-8-9-14/h4-7,10-11,14H,3,8-9H2,1-2H3,(H2,18,19,20,21). The van der Waals surface area contributed by atoms with Crippen LogP contribution in [-0.2, 0) is 6.42 Å². The van der Waals surface area contributed by atoms with E-state index in [1.165, 1.54) is 29.7 Å². The molecule has 2 N–H and O–H groups in total. The number of benzene rings is 1. The third-order valence-corrected chi connectivity index (χ3v) is 4.75. The number of hydrogen-bond donors (Lipinski definition) is 2. The predicted octanol–water partition coefficient (Wildman–Crippen LogP) is 4.47. The van der Waals surface area contributed by atoms with Gasteiger partial charge >= 0.3 is 6.03 Å². The van der Waals surface area contributed by atoms with Crippen LogP contribution in [0.2, 0.25) is 0 Å². The van der Waals surface area contributed by atoms with Crippen molar-refractivity contribution < 1.29 is 4.79 Å². The topological polar surface area (TPSA) is 54.0 Å². The first kappa shape index (κ1) is 15.0. The Labute approximate surface area is 135 Å². The van der Waals surface area contributed by atoms with Crippen LogP contribution in [0.3, 0.4) is 0 Å². The summed E-state index contributed by atoms with van der Waals surface area (Å²) in [6.07, 6.45) is 3.47. The van der Waals surface area contributed by atoms with E-state index in [-0.39, 0.29) is 12.1 Å². The molecular weight excluding hydrogens is 294 g/mol. The number of hydrogen-bond acceptors (Lipinski definition) is 3. The smallest absolute Gasteiger partial charge is 0.321 e. The van der Waals surface area contributed by atoms with Crippen LogP contribution in [0.5, 0.6) is 0 Å². The third kappa shape index (κ3) is 3.65. The molecule has 1 saturated carbocycles. The highest BCUT2D eigenvalue weighted by molar-refractivity contribution is 7.13. The average molecular weight is 315 g/mol. The van der Waals surface area contributed by atoms with Gasteiger partial charge in [0, 0.05) is 11.3 Å². The summed E-state index contributed by atoms with van der Waals surface area (Å²) in [6, 6.07) is 8.11. The minimum Gasteiger partial charge on any atom is -0.331 e. The van der Waals surface area contributed by atoms with E-state index < -0.39 is 0 Å². The maximum absolute atomic E-state index is 12.1. The van der Waals surface area contributed by atoms with Crippen molar-refractivity contribution in [1.29, 1.82) is 0 Å². The number of carbonyl (C=O) groups is 1. The molecule has 1 aromatic heterocycles. The van der Waals surface area contributed by atoms with E-state index in [0.29, 0.717) is 11.0 Å². The number of anilines is 1. The van der Waals surface area contributed by atoms with E-state index in [2.05, 4.69) is 46.8 Å². The molecule has 1 heterocycles. The van der Waals surface area contributed by atoms with Crippen molar-refractivity contribution in [3.8, 4) is 0 Å². The first-order chi connectivity index (χ1) is 10.7. The Bertz CT molecular complexity index is 646. The number of aromatic nitrogens is 1. The van der Waals surface area contributed by atoms with Crippen LogP contribution in [0.15, 0.2) is 29.6 Å². The summed E-state index contributed by atoms with van der Waals surface area (Å²) in [5.41, 5.74) is 3.52. The van der Waals surface area contributed by atoms with Gasteiger partial charge in [-0.25, -0.2) is 9.78 Å². The van der Waals surface area contributed by atoms with Gasteiger partial charge in [0.25, 0.3) is 0 Å². The summed E-state index contributed by atoms with van der Waals surface area (Å²) in [5, 5.41) is 8.49. The molecule has 2 amide bonds. The van der Waals surface area contributed by atoms with Gasteiger partial charge in [-0.15, -0.1) is 11.3 Å². The lowest BCUT2D eigenvalue weighted by Crippen LogP contribution is -2.31. The van der Waals surface area contributed by atoms with Gasteiger partial charge in [0.1, 0.15) is 0 Å². The highest BCUT2D eigenvalue weighted by atomic mass is 32.1. The fourth-order valence-electron chi connectivity index (χ4n) is 2.37. The number of nitrogens with one attached hydrogen (secondary N) is 2. The first-order valence-electron chi connectivity index (χ1n) is 7.77. The molecular formula is C17H21N3OS. The molecule has 22 heavy (non-hydrogen) atoms. The Kier molecular flexibility index (Phi) is 4.43. The molecule has 0 radical (unpaired) electrons. The Morgan fingerprint density at radius 3 is 2.73 bits per heavy atom. The summed E-state index contributed by atoms with van der Waals surface area (Å²) >= 11 is 1.49. The maximum atomic E-state index is 12.1. The van der Waals surface area contributed by atoms with Crippen molar-refractivity contribution in [1.82, 2.24) is 10.3 Å². The van der Waals surface area contributed by atoms with Crippen LogP contribution in [0.1, 0.15) is 55.5 Å². The number of amides is 2. The molecule has 2 aromatic rings. The molecule has 3 rings (SSSR count). The van der Waals surface area contributed by atoms with E-state index in [4.69, 9.17) is 0 Å². The van der Waals surface area contributed by atoms with E-state index in [9.17, 15) is 4.79 Å². The minimum absolute atomic E-state index is 0.0335. The van der Waals surface area contributed by atoms with Gasteiger partial charge in [-0.3, -0.25) is 5.32 Å². The zero-order valence-corrected chi connectivity index (χ0v) is 13.7. The summed E-state index contributed by atoms with van der Waals surface area (Å²) < 4.78 is 0. The Morgan fingerprint density at radius 2 is 2.09 bits per heavy atom. The molecule has 1 unspecified atom stereocenters.